The van der Waals surface area contributed by atoms with E-state index in [1.54, 1.807) is 0 Å². The number of para-hydroxylation sites is 1. The number of ether oxygens (including phenoxy) is 1. The second-order valence-corrected chi connectivity index (χ2v) is 5.27. The first-order valence-corrected chi connectivity index (χ1v) is 7.25. The first kappa shape index (κ1) is 16.0. The van der Waals surface area contributed by atoms with E-state index in [2.05, 4.69) is 43.1 Å². The van der Waals surface area contributed by atoms with Gasteiger partial charge in [-0.15, -0.1) is 0 Å². The zero-order chi connectivity index (χ0) is 14.1. The molecule has 0 aromatic heterocycles. The smallest absolute Gasteiger partial charge is 0.123 e. The van der Waals surface area contributed by atoms with Crippen molar-refractivity contribution in [1.82, 2.24) is 10.2 Å². The molecule has 0 amide bonds. The summed E-state index contributed by atoms with van der Waals surface area (Å²) >= 11 is 0. The molecular weight excluding hydrogens is 236 g/mol. The lowest BCUT2D eigenvalue weighted by molar-refractivity contribution is 0.199. The van der Waals surface area contributed by atoms with Gasteiger partial charge in [-0.25, -0.2) is 0 Å². The Bertz CT molecular complexity index is 352. The Morgan fingerprint density at radius 2 is 2.00 bits per heavy atom. The van der Waals surface area contributed by atoms with Gasteiger partial charge in [0.2, 0.25) is 0 Å². The molecule has 0 spiro atoms. The van der Waals surface area contributed by atoms with Crippen LogP contribution in [0, 0.1) is 5.92 Å². The average molecular weight is 264 g/mol. The molecule has 1 aromatic carbocycles. The second kappa shape index (κ2) is 8.94. The van der Waals surface area contributed by atoms with Gasteiger partial charge in [-0.1, -0.05) is 39.0 Å². The summed E-state index contributed by atoms with van der Waals surface area (Å²) in [6, 6.07) is 8.24. The molecule has 19 heavy (non-hydrogen) atoms. The summed E-state index contributed by atoms with van der Waals surface area (Å²) in [6.45, 7) is 11.5. The lowest BCUT2D eigenvalue weighted by Gasteiger charge is -2.22. The molecule has 3 heteroatoms. The van der Waals surface area contributed by atoms with Crippen molar-refractivity contribution in [2.75, 3.05) is 33.3 Å². The van der Waals surface area contributed by atoms with Gasteiger partial charge in [-0.3, -0.25) is 4.90 Å². The maximum atomic E-state index is 5.92. The third kappa shape index (κ3) is 6.08. The number of nitrogens with zero attached hydrogens (tertiary/aromatic N) is 1. The van der Waals surface area contributed by atoms with Crippen LogP contribution in [0.25, 0.3) is 0 Å². The highest BCUT2D eigenvalue weighted by molar-refractivity contribution is 5.33. The standard InChI is InChI=1S/C16H28N2O/c1-5-18(13-14(2)3)10-11-19-16-9-7-6-8-15(16)12-17-4/h6-9,14,17H,5,10-13H2,1-4H3. The number of hydrogen-bond donors (Lipinski definition) is 1. The van der Waals surface area contributed by atoms with Gasteiger partial charge in [-0.05, 0) is 25.6 Å². The van der Waals surface area contributed by atoms with Crippen molar-refractivity contribution in [3.8, 4) is 5.75 Å². The summed E-state index contributed by atoms with van der Waals surface area (Å²) in [4.78, 5) is 2.44. The Morgan fingerprint density at radius 1 is 1.26 bits per heavy atom. The summed E-state index contributed by atoms with van der Waals surface area (Å²) in [5.74, 6) is 1.70. The van der Waals surface area contributed by atoms with E-state index in [4.69, 9.17) is 4.74 Å². The summed E-state index contributed by atoms with van der Waals surface area (Å²) in [5, 5.41) is 3.17. The van der Waals surface area contributed by atoms with Gasteiger partial charge < -0.3 is 10.1 Å². The average Bonchev–Trinajstić information content (AvgIpc) is 2.39. The number of benzene rings is 1. The fourth-order valence-electron chi connectivity index (χ4n) is 2.16. The van der Waals surface area contributed by atoms with Crippen molar-refractivity contribution < 1.29 is 4.74 Å². The SMILES string of the molecule is CCN(CCOc1ccccc1CNC)CC(C)C. The minimum Gasteiger partial charge on any atom is -0.492 e. The fraction of sp³-hybridized carbons (Fsp3) is 0.625. The molecule has 0 bridgehead atoms. The third-order valence-electron chi connectivity index (χ3n) is 3.08. The van der Waals surface area contributed by atoms with Gasteiger partial charge in [0.1, 0.15) is 12.4 Å². The van der Waals surface area contributed by atoms with Crippen molar-refractivity contribution in [3.05, 3.63) is 29.8 Å². The summed E-state index contributed by atoms with van der Waals surface area (Å²) in [6.07, 6.45) is 0. The molecule has 0 aliphatic heterocycles. The fourth-order valence-corrected chi connectivity index (χ4v) is 2.16. The van der Waals surface area contributed by atoms with E-state index in [1.165, 1.54) is 5.56 Å². The molecule has 0 saturated carbocycles. The molecule has 1 rings (SSSR count). The van der Waals surface area contributed by atoms with Crippen LogP contribution < -0.4 is 10.1 Å². The van der Waals surface area contributed by atoms with Crippen LogP contribution in [0.1, 0.15) is 26.3 Å². The predicted octanol–water partition coefficient (Wildman–Crippen LogP) is 2.76. The van der Waals surface area contributed by atoms with E-state index in [0.29, 0.717) is 5.92 Å². The van der Waals surface area contributed by atoms with Crippen LogP contribution in [0.2, 0.25) is 0 Å². The van der Waals surface area contributed by atoms with Crippen LogP contribution in [-0.4, -0.2) is 38.2 Å². The van der Waals surface area contributed by atoms with Crippen LogP contribution in [0.3, 0.4) is 0 Å². The number of likely N-dealkylation sites (N-methyl/N-ethyl adjacent to an activating group) is 1. The number of hydrogen-bond acceptors (Lipinski definition) is 3. The Labute approximate surface area is 118 Å². The van der Waals surface area contributed by atoms with Crippen LogP contribution in [-0.2, 0) is 6.54 Å². The summed E-state index contributed by atoms with van der Waals surface area (Å²) in [7, 11) is 1.96. The van der Waals surface area contributed by atoms with Crippen LogP contribution in [0.4, 0.5) is 0 Å². The number of rotatable bonds is 9. The quantitative estimate of drug-likeness (QED) is 0.742. The maximum Gasteiger partial charge on any atom is 0.123 e. The molecule has 0 unspecified atom stereocenters. The lowest BCUT2D eigenvalue weighted by Crippen LogP contribution is -2.31. The normalized spacial score (nSPS) is 11.3. The first-order chi connectivity index (χ1) is 9.17. The van der Waals surface area contributed by atoms with Gasteiger partial charge in [0.05, 0.1) is 0 Å². The monoisotopic (exact) mass is 264 g/mol. The molecular formula is C16H28N2O. The Hall–Kier alpha value is -1.06. The predicted molar refractivity (Wildman–Crippen MR) is 81.7 cm³/mol. The maximum absolute atomic E-state index is 5.92. The van der Waals surface area contributed by atoms with E-state index < -0.39 is 0 Å². The molecule has 0 radical (unpaired) electrons. The highest BCUT2D eigenvalue weighted by Gasteiger charge is 2.06. The van der Waals surface area contributed by atoms with Gasteiger partial charge in [0, 0.05) is 25.2 Å². The molecule has 0 heterocycles. The highest BCUT2D eigenvalue weighted by atomic mass is 16.5. The van der Waals surface area contributed by atoms with Crippen molar-refractivity contribution in [2.45, 2.75) is 27.3 Å². The summed E-state index contributed by atoms with van der Waals surface area (Å²) in [5.41, 5.74) is 1.22. The van der Waals surface area contributed by atoms with E-state index >= 15 is 0 Å². The van der Waals surface area contributed by atoms with E-state index in [1.807, 2.05) is 19.2 Å². The third-order valence-corrected chi connectivity index (χ3v) is 3.08. The van der Waals surface area contributed by atoms with Crippen molar-refractivity contribution >= 4 is 0 Å². The Morgan fingerprint density at radius 3 is 2.63 bits per heavy atom. The molecule has 0 atom stereocenters. The molecule has 108 valence electrons. The van der Waals surface area contributed by atoms with Crippen LogP contribution in [0.5, 0.6) is 5.75 Å². The topological polar surface area (TPSA) is 24.5 Å². The zero-order valence-electron chi connectivity index (χ0n) is 12.8. The molecule has 0 aliphatic rings. The molecule has 1 aromatic rings. The van der Waals surface area contributed by atoms with Crippen molar-refractivity contribution in [3.63, 3.8) is 0 Å². The molecule has 0 saturated heterocycles. The minimum absolute atomic E-state index is 0.705. The van der Waals surface area contributed by atoms with Crippen molar-refractivity contribution in [1.29, 1.82) is 0 Å². The largest absolute Gasteiger partial charge is 0.492 e. The molecule has 0 fully saturated rings. The van der Waals surface area contributed by atoms with E-state index in [-0.39, 0.29) is 0 Å². The van der Waals surface area contributed by atoms with Gasteiger partial charge in [0.25, 0.3) is 0 Å². The summed E-state index contributed by atoms with van der Waals surface area (Å²) < 4.78 is 5.92. The Balaban J connectivity index is 2.43. The second-order valence-electron chi connectivity index (χ2n) is 5.27. The highest BCUT2D eigenvalue weighted by Crippen LogP contribution is 2.17. The van der Waals surface area contributed by atoms with Gasteiger partial charge >= 0.3 is 0 Å². The molecule has 0 aliphatic carbocycles. The minimum atomic E-state index is 0.705. The lowest BCUT2D eigenvalue weighted by atomic mass is 10.2. The van der Waals surface area contributed by atoms with Crippen molar-refractivity contribution in [2.24, 2.45) is 5.92 Å². The van der Waals surface area contributed by atoms with E-state index in [0.717, 1.165) is 38.5 Å². The zero-order valence-corrected chi connectivity index (χ0v) is 12.8. The molecule has 1 N–H and O–H groups in total. The van der Waals surface area contributed by atoms with Crippen LogP contribution >= 0.6 is 0 Å². The van der Waals surface area contributed by atoms with Gasteiger partial charge in [-0.2, -0.15) is 0 Å². The van der Waals surface area contributed by atoms with Gasteiger partial charge in [0.15, 0.2) is 0 Å². The first-order valence-electron chi connectivity index (χ1n) is 7.25. The van der Waals surface area contributed by atoms with E-state index in [9.17, 15) is 0 Å². The Kier molecular flexibility index (Phi) is 7.53. The van der Waals surface area contributed by atoms with Crippen LogP contribution in [0.15, 0.2) is 24.3 Å². The molecule has 3 nitrogen and oxygen atoms in total. The number of nitrogens with one attached hydrogen (secondary N) is 1.